The van der Waals surface area contributed by atoms with Crippen molar-refractivity contribution in [1.29, 1.82) is 0 Å². The summed E-state index contributed by atoms with van der Waals surface area (Å²) in [6, 6.07) is 6.83. The fourth-order valence-electron chi connectivity index (χ4n) is 2.85. The van der Waals surface area contributed by atoms with Crippen LogP contribution >= 0.6 is 0 Å². The van der Waals surface area contributed by atoms with Gasteiger partial charge in [0.05, 0.1) is 6.61 Å². The van der Waals surface area contributed by atoms with E-state index in [0.29, 0.717) is 0 Å². The molecule has 0 unspecified atom stereocenters. The normalized spacial score (nSPS) is 20.2. The van der Waals surface area contributed by atoms with Crippen LogP contribution in [0.4, 0.5) is 5.69 Å². The zero-order valence-corrected chi connectivity index (χ0v) is 10.7. The molecule has 2 aliphatic heterocycles. The minimum atomic E-state index is 0.268. The largest absolute Gasteiger partial charge is 0.395 e. The zero-order chi connectivity index (χ0) is 12.4. The van der Waals surface area contributed by atoms with Crippen LogP contribution in [0.15, 0.2) is 18.2 Å². The monoisotopic (exact) mass is 247 g/mol. The summed E-state index contributed by atoms with van der Waals surface area (Å²) in [5.74, 6) is 0. The number of nitrogens with zero attached hydrogens (tertiary/aromatic N) is 2. The van der Waals surface area contributed by atoms with Gasteiger partial charge in [-0.15, -0.1) is 0 Å². The summed E-state index contributed by atoms with van der Waals surface area (Å²) in [6.45, 7) is 7.32. The van der Waals surface area contributed by atoms with E-state index in [4.69, 9.17) is 5.11 Å². The van der Waals surface area contributed by atoms with Gasteiger partial charge in [0.2, 0.25) is 0 Å². The van der Waals surface area contributed by atoms with Crippen molar-refractivity contribution in [3.05, 3.63) is 29.3 Å². The highest BCUT2D eigenvalue weighted by Crippen LogP contribution is 2.23. The number of anilines is 1. The van der Waals surface area contributed by atoms with Gasteiger partial charge in [-0.3, -0.25) is 4.90 Å². The van der Waals surface area contributed by atoms with Gasteiger partial charge < -0.3 is 15.3 Å². The summed E-state index contributed by atoms with van der Waals surface area (Å²) >= 11 is 0. The topological polar surface area (TPSA) is 38.7 Å². The lowest BCUT2D eigenvalue weighted by molar-refractivity contribution is 0.189. The minimum Gasteiger partial charge on any atom is -0.395 e. The van der Waals surface area contributed by atoms with Crippen LogP contribution in [0.1, 0.15) is 11.1 Å². The molecule has 98 valence electrons. The number of aliphatic hydroxyl groups is 1. The highest BCUT2D eigenvalue weighted by molar-refractivity contribution is 5.52. The third kappa shape index (κ3) is 2.36. The molecule has 2 N–H and O–H groups in total. The number of aliphatic hydroxyl groups excluding tert-OH is 1. The van der Waals surface area contributed by atoms with Crippen LogP contribution in [0.5, 0.6) is 0 Å². The molecule has 0 aliphatic carbocycles. The highest BCUT2D eigenvalue weighted by atomic mass is 16.3. The molecular formula is C14H21N3O. The Kier molecular flexibility index (Phi) is 3.50. The predicted octanol–water partition coefficient (Wildman–Crippen LogP) is 0.404. The van der Waals surface area contributed by atoms with Gasteiger partial charge in [-0.2, -0.15) is 0 Å². The maximum Gasteiger partial charge on any atom is 0.0558 e. The molecule has 2 heterocycles. The van der Waals surface area contributed by atoms with E-state index in [9.17, 15) is 0 Å². The van der Waals surface area contributed by atoms with Crippen LogP contribution in [0, 0.1) is 0 Å². The first-order chi connectivity index (χ1) is 8.86. The van der Waals surface area contributed by atoms with E-state index in [1.807, 2.05) is 0 Å². The number of hydrogen-bond donors (Lipinski definition) is 2. The van der Waals surface area contributed by atoms with Gasteiger partial charge in [0, 0.05) is 51.5 Å². The van der Waals surface area contributed by atoms with Crippen LogP contribution in [-0.4, -0.2) is 49.3 Å². The molecule has 1 saturated heterocycles. The molecule has 0 spiro atoms. The first kappa shape index (κ1) is 12.0. The minimum absolute atomic E-state index is 0.268. The molecule has 0 saturated carbocycles. The molecule has 1 fully saturated rings. The summed E-state index contributed by atoms with van der Waals surface area (Å²) in [5, 5.41) is 12.3. The predicted molar refractivity (Wildman–Crippen MR) is 72.7 cm³/mol. The third-order valence-electron chi connectivity index (χ3n) is 3.97. The Bertz CT molecular complexity index is 414. The van der Waals surface area contributed by atoms with Gasteiger partial charge in [-0.1, -0.05) is 6.07 Å². The summed E-state index contributed by atoms with van der Waals surface area (Å²) < 4.78 is 0. The second kappa shape index (κ2) is 5.26. The van der Waals surface area contributed by atoms with Crippen LogP contribution in [0.25, 0.3) is 0 Å². The van der Waals surface area contributed by atoms with Crippen molar-refractivity contribution in [1.82, 2.24) is 10.2 Å². The lowest BCUT2D eigenvalue weighted by Crippen LogP contribution is -2.47. The second-order valence-electron chi connectivity index (χ2n) is 5.11. The maximum absolute atomic E-state index is 8.94. The summed E-state index contributed by atoms with van der Waals surface area (Å²) in [6.07, 6.45) is 0. The first-order valence-electron chi connectivity index (χ1n) is 6.77. The summed E-state index contributed by atoms with van der Waals surface area (Å²) in [4.78, 5) is 4.78. The van der Waals surface area contributed by atoms with Crippen molar-refractivity contribution in [2.24, 2.45) is 0 Å². The van der Waals surface area contributed by atoms with Crippen molar-refractivity contribution in [2.45, 2.75) is 13.1 Å². The SMILES string of the molecule is OCCN1CCN(c2ccc3c(c2)CNC3)CC1. The number of hydrogen-bond acceptors (Lipinski definition) is 4. The van der Waals surface area contributed by atoms with Gasteiger partial charge in [0.25, 0.3) is 0 Å². The summed E-state index contributed by atoms with van der Waals surface area (Å²) in [5.41, 5.74) is 4.24. The third-order valence-corrected chi connectivity index (χ3v) is 3.97. The van der Waals surface area contributed by atoms with E-state index >= 15 is 0 Å². The van der Waals surface area contributed by atoms with Crippen LogP contribution in [-0.2, 0) is 13.1 Å². The summed E-state index contributed by atoms with van der Waals surface area (Å²) in [7, 11) is 0. The van der Waals surface area contributed by atoms with Crippen molar-refractivity contribution in [3.63, 3.8) is 0 Å². The number of nitrogens with one attached hydrogen (secondary N) is 1. The quantitative estimate of drug-likeness (QED) is 0.811. The molecule has 1 aromatic carbocycles. The molecule has 0 atom stereocenters. The molecule has 0 bridgehead atoms. The van der Waals surface area contributed by atoms with Crippen LogP contribution < -0.4 is 10.2 Å². The molecule has 1 aromatic rings. The fourth-order valence-corrected chi connectivity index (χ4v) is 2.85. The van der Waals surface area contributed by atoms with Crippen molar-refractivity contribution in [3.8, 4) is 0 Å². The first-order valence-corrected chi connectivity index (χ1v) is 6.77. The van der Waals surface area contributed by atoms with Gasteiger partial charge in [-0.25, -0.2) is 0 Å². The number of piperazine rings is 1. The highest BCUT2D eigenvalue weighted by Gasteiger charge is 2.18. The van der Waals surface area contributed by atoms with E-state index in [1.165, 1.54) is 16.8 Å². The van der Waals surface area contributed by atoms with E-state index in [-0.39, 0.29) is 6.61 Å². The molecule has 4 heteroatoms. The van der Waals surface area contributed by atoms with E-state index in [2.05, 4.69) is 33.3 Å². The van der Waals surface area contributed by atoms with Gasteiger partial charge in [-0.05, 0) is 23.3 Å². The Morgan fingerprint density at radius 3 is 2.61 bits per heavy atom. The van der Waals surface area contributed by atoms with E-state index < -0.39 is 0 Å². The van der Waals surface area contributed by atoms with Gasteiger partial charge in [0.15, 0.2) is 0 Å². The molecule has 18 heavy (non-hydrogen) atoms. The Morgan fingerprint density at radius 1 is 1.06 bits per heavy atom. The number of benzene rings is 1. The lowest BCUT2D eigenvalue weighted by atomic mass is 10.1. The van der Waals surface area contributed by atoms with Crippen molar-refractivity contribution >= 4 is 5.69 Å². The molecule has 0 amide bonds. The molecule has 0 aromatic heterocycles. The smallest absolute Gasteiger partial charge is 0.0558 e. The number of β-amino-alcohol motifs (C(OH)–C–C–N with tert-alkyl or cyclic N) is 1. The second-order valence-corrected chi connectivity index (χ2v) is 5.11. The van der Waals surface area contributed by atoms with E-state index in [0.717, 1.165) is 45.8 Å². The van der Waals surface area contributed by atoms with Gasteiger partial charge in [0.1, 0.15) is 0 Å². The van der Waals surface area contributed by atoms with E-state index in [1.54, 1.807) is 0 Å². The molecular weight excluding hydrogens is 226 g/mol. The molecule has 4 nitrogen and oxygen atoms in total. The Morgan fingerprint density at radius 2 is 1.83 bits per heavy atom. The van der Waals surface area contributed by atoms with Crippen molar-refractivity contribution in [2.75, 3.05) is 44.2 Å². The average Bonchev–Trinajstić information content (AvgIpc) is 2.87. The average molecular weight is 247 g/mol. The maximum atomic E-state index is 8.94. The Labute approximate surface area is 108 Å². The Balaban J connectivity index is 1.66. The molecule has 3 rings (SSSR count). The zero-order valence-electron chi connectivity index (χ0n) is 10.7. The van der Waals surface area contributed by atoms with Gasteiger partial charge >= 0.3 is 0 Å². The standard InChI is InChI=1S/C14H21N3O/c18-8-7-16-3-5-17(6-4-16)14-2-1-12-10-15-11-13(12)9-14/h1-2,9,15,18H,3-8,10-11H2. The Hall–Kier alpha value is -1.10. The molecule has 0 radical (unpaired) electrons. The van der Waals surface area contributed by atoms with Crippen LogP contribution in [0.2, 0.25) is 0 Å². The van der Waals surface area contributed by atoms with Crippen molar-refractivity contribution < 1.29 is 5.11 Å². The number of rotatable bonds is 3. The molecule has 2 aliphatic rings. The lowest BCUT2D eigenvalue weighted by Gasteiger charge is -2.36. The fraction of sp³-hybridized carbons (Fsp3) is 0.571. The van der Waals surface area contributed by atoms with Crippen LogP contribution in [0.3, 0.4) is 0 Å². The number of fused-ring (bicyclic) bond motifs is 1.